The number of thiophene rings is 2. The van der Waals surface area contributed by atoms with Gasteiger partial charge in [-0.2, -0.15) is 10.2 Å². The summed E-state index contributed by atoms with van der Waals surface area (Å²) < 4.78 is 10.6. The molecule has 2 aromatic carbocycles. The van der Waals surface area contributed by atoms with E-state index >= 15 is 0 Å². The number of anilines is 2. The van der Waals surface area contributed by atoms with Crippen molar-refractivity contribution in [3.05, 3.63) is 138 Å². The van der Waals surface area contributed by atoms with Crippen LogP contribution < -0.4 is 31.9 Å². The second kappa shape index (κ2) is 28.0. The lowest BCUT2D eigenvalue weighted by Gasteiger charge is -2.18. The molecule has 0 saturated carbocycles. The van der Waals surface area contributed by atoms with E-state index in [4.69, 9.17) is 15.9 Å². The maximum absolute atomic E-state index is 13.0. The van der Waals surface area contributed by atoms with Gasteiger partial charge in [-0.3, -0.25) is 29.4 Å². The molecule has 0 radical (unpaired) electrons. The predicted octanol–water partition coefficient (Wildman–Crippen LogP) is 5.42. The van der Waals surface area contributed by atoms with Crippen molar-refractivity contribution in [2.75, 3.05) is 51.0 Å². The number of halogens is 1. The molecule has 0 spiro atoms. The van der Waals surface area contributed by atoms with Crippen LogP contribution in [0.4, 0.5) is 11.9 Å². The average Bonchev–Trinajstić information content (AvgIpc) is 4.29. The highest BCUT2D eigenvalue weighted by atomic mass is 79.9. The van der Waals surface area contributed by atoms with Gasteiger partial charge in [0.25, 0.3) is 23.6 Å². The van der Waals surface area contributed by atoms with E-state index in [1.165, 1.54) is 36.9 Å². The van der Waals surface area contributed by atoms with Crippen LogP contribution in [0.3, 0.4) is 0 Å². The number of ether oxygens (including phenoxy) is 2. The molecule has 25 heteroatoms. The van der Waals surface area contributed by atoms with Gasteiger partial charge in [-0.15, -0.1) is 29.1 Å². The van der Waals surface area contributed by atoms with Crippen molar-refractivity contribution in [2.24, 2.45) is 0 Å². The number of methoxy groups -OCH3 is 2. The molecule has 6 aromatic heterocycles. The minimum Gasteiger partial charge on any atom is -0.467 e. The molecule has 4 amide bonds. The molecule has 396 valence electrons. The number of esters is 2. The molecule has 77 heavy (non-hydrogen) atoms. The molecule has 0 aliphatic heterocycles. The van der Waals surface area contributed by atoms with Crippen molar-refractivity contribution in [3.63, 3.8) is 0 Å². The quantitative estimate of drug-likeness (QED) is 0.0442. The summed E-state index contributed by atoms with van der Waals surface area (Å²) >= 11 is 5.95. The molecule has 0 aliphatic rings. The third-order valence-corrected chi connectivity index (χ3v) is 13.3. The Morgan fingerprint density at radius 3 is 1.52 bits per heavy atom. The fourth-order valence-corrected chi connectivity index (χ4v) is 8.91. The van der Waals surface area contributed by atoms with E-state index in [-0.39, 0.29) is 49.1 Å². The zero-order chi connectivity index (χ0) is 55.4. The summed E-state index contributed by atoms with van der Waals surface area (Å²) in [5.41, 5.74) is 4.95. The van der Waals surface area contributed by atoms with E-state index < -0.39 is 35.8 Å². The van der Waals surface area contributed by atoms with E-state index in [1.54, 1.807) is 75.1 Å². The number of terminal acetylenes is 1. The van der Waals surface area contributed by atoms with Crippen LogP contribution in [-0.4, -0.2) is 128 Å². The molecule has 0 saturated heterocycles. The number of nitrogens with one attached hydrogen (secondary N) is 8. The Bertz CT molecular complexity index is 3450. The van der Waals surface area contributed by atoms with Gasteiger partial charge in [0.15, 0.2) is 0 Å². The van der Waals surface area contributed by atoms with Crippen LogP contribution in [0, 0.1) is 51.9 Å². The molecular weight excluding hydrogens is 1090 g/mol. The smallest absolute Gasteiger partial charge is 0.330 e. The molecule has 0 bridgehead atoms. The molecule has 8 rings (SSSR count). The van der Waals surface area contributed by atoms with Crippen molar-refractivity contribution in [3.8, 4) is 24.2 Å². The highest BCUT2D eigenvalue weighted by Gasteiger charge is 2.27. The summed E-state index contributed by atoms with van der Waals surface area (Å²) in [6.07, 6.45) is 8.74. The monoisotopic (exact) mass is 1140 g/mol. The summed E-state index contributed by atoms with van der Waals surface area (Å²) in [5.74, 6) is 6.01. The van der Waals surface area contributed by atoms with E-state index in [9.17, 15) is 28.8 Å². The van der Waals surface area contributed by atoms with Gasteiger partial charge in [-0.25, -0.2) is 29.5 Å². The second-order valence-electron chi connectivity index (χ2n) is 16.1. The summed E-state index contributed by atoms with van der Waals surface area (Å²) in [6.45, 7) is 6.91. The van der Waals surface area contributed by atoms with Gasteiger partial charge in [-0.05, 0) is 74.9 Å². The van der Waals surface area contributed by atoms with Crippen molar-refractivity contribution in [1.29, 1.82) is 0 Å². The first-order valence-electron chi connectivity index (χ1n) is 23.1. The number of carbonyl (C=O) groups is 6. The summed E-state index contributed by atoms with van der Waals surface area (Å²) in [5, 5.41) is 35.7. The zero-order valence-electron chi connectivity index (χ0n) is 42.3. The van der Waals surface area contributed by atoms with Crippen LogP contribution in [0.5, 0.6) is 0 Å². The predicted molar refractivity (Wildman–Crippen MR) is 295 cm³/mol. The third-order valence-electron chi connectivity index (χ3n) is 10.8. The van der Waals surface area contributed by atoms with Gasteiger partial charge in [0.1, 0.15) is 12.1 Å². The standard InChI is InChI=1S/C26H25N7O4S.C19H21N5O4S.C7H5BrN2/c1-15-22(24(35)32-20(25(36)37-3)14-28-23(34)21-10-6-12-38-21)16(2)31-26(30-15)27-11-5-8-17-7-4-9-19-18(17)13-29-33-19;1-5-8-20-19-22-11(2)15(12(3)23-19)17(26)24-13(18(27)28-4)10-21-16(25)14-7-6-9-29-14;8-6-2-1-3-7-5(6)4-9-10-7/h4,6-7,9-10,12-13,20H,11,14H2,1-3H3,(H,28,34)(H,29,33)(H,32,35)(H,27,30,31);1,6-7,9,13H,8,10H2,2-4H3,(H,21,25)(H,24,26)(H,20,22,23);1-4H,(H,9,10)/t20-;13-;/m00./s1. The molecule has 6 heterocycles. The van der Waals surface area contributed by atoms with E-state index in [0.29, 0.717) is 44.4 Å². The largest absolute Gasteiger partial charge is 0.467 e. The third kappa shape index (κ3) is 15.7. The average molecular weight is 1140 g/mol. The number of carbonyl (C=O) groups excluding carboxylic acids is 6. The molecule has 0 aliphatic carbocycles. The lowest BCUT2D eigenvalue weighted by Crippen LogP contribution is -2.49. The first kappa shape index (κ1) is 57.2. The van der Waals surface area contributed by atoms with E-state index in [2.05, 4.69) is 106 Å². The van der Waals surface area contributed by atoms with E-state index in [0.717, 1.165) is 31.8 Å². The first-order valence-corrected chi connectivity index (χ1v) is 25.7. The molecule has 8 aromatic rings. The van der Waals surface area contributed by atoms with Gasteiger partial charge in [0.05, 0.1) is 94.4 Å². The van der Waals surface area contributed by atoms with Gasteiger partial charge < -0.3 is 41.4 Å². The number of hydrogen-bond acceptors (Lipinski definition) is 18. The van der Waals surface area contributed by atoms with Crippen LogP contribution in [0.2, 0.25) is 0 Å². The second-order valence-corrected chi connectivity index (χ2v) is 18.8. The molecule has 22 nitrogen and oxygen atoms in total. The Morgan fingerprint density at radius 2 is 1.08 bits per heavy atom. The molecule has 8 N–H and O–H groups in total. The van der Waals surface area contributed by atoms with Crippen LogP contribution >= 0.6 is 38.6 Å². The van der Waals surface area contributed by atoms with Crippen molar-refractivity contribution < 1.29 is 38.2 Å². The molecule has 0 fully saturated rings. The Hall–Kier alpha value is -9.04. The van der Waals surface area contributed by atoms with Crippen molar-refractivity contribution in [2.45, 2.75) is 39.8 Å². The van der Waals surface area contributed by atoms with Crippen LogP contribution in [0.1, 0.15) is 68.4 Å². The summed E-state index contributed by atoms with van der Waals surface area (Å²) in [6, 6.07) is 16.4. The number of aryl methyl sites for hydroxylation is 4. The fraction of sp³-hybridized carbons (Fsp3) is 0.231. The van der Waals surface area contributed by atoms with E-state index in [1.807, 2.05) is 36.4 Å². The number of rotatable bonds is 16. The number of nitrogens with zero attached hydrogens (tertiary/aromatic N) is 6. The lowest BCUT2D eigenvalue weighted by molar-refractivity contribution is -0.143. The molecular formula is C52H51BrN14O8S2. The van der Waals surface area contributed by atoms with Gasteiger partial charge in [0, 0.05) is 33.9 Å². The highest BCUT2D eigenvalue weighted by molar-refractivity contribution is 9.10. The Morgan fingerprint density at radius 1 is 0.623 bits per heavy atom. The number of amides is 4. The maximum atomic E-state index is 13.0. The topological polar surface area (TPSA) is 302 Å². The Kier molecular flexibility index (Phi) is 20.8. The minimum atomic E-state index is -1.09. The number of aromatic nitrogens is 8. The van der Waals surface area contributed by atoms with Crippen molar-refractivity contribution in [1.82, 2.24) is 61.6 Å². The number of H-pyrrole nitrogens is 2. The van der Waals surface area contributed by atoms with Crippen LogP contribution in [0.15, 0.2) is 88.3 Å². The molecule has 2 atom stereocenters. The van der Waals surface area contributed by atoms with Gasteiger partial charge in [-0.1, -0.05) is 58.0 Å². The normalized spacial score (nSPS) is 11.1. The lowest BCUT2D eigenvalue weighted by atomic mass is 10.1. The number of aromatic amines is 2. The highest BCUT2D eigenvalue weighted by Crippen LogP contribution is 2.21. The summed E-state index contributed by atoms with van der Waals surface area (Å²) in [7, 11) is 2.41. The maximum Gasteiger partial charge on any atom is 0.330 e. The Balaban J connectivity index is 0.000000216. The molecule has 0 unspecified atom stereocenters. The number of hydrogen-bond donors (Lipinski definition) is 8. The van der Waals surface area contributed by atoms with Gasteiger partial charge >= 0.3 is 11.9 Å². The number of fused-ring (bicyclic) bond motifs is 2. The van der Waals surface area contributed by atoms with Crippen LogP contribution in [0.25, 0.3) is 21.8 Å². The zero-order valence-corrected chi connectivity index (χ0v) is 45.5. The van der Waals surface area contributed by atoms with Crippen LogP contribution in [-0.2, 0) is 19.1 Å². The SMILES string of the molecule is Brc1cccc2[nH]ncc12.C#CCNc1nc(C)c(C(=O)N[C@@H](CNC(=O)c2cccs2)C(=O)OC)c(C)n1.COC(=O)[C@H](CNC(=O)c1cccs1)NC(=O)c1c(C)nc(NCC#Cc2cccc3[nH]ncc23)nc1C. The number of benzene rings is 2. The first-order chi connectivity index (χ1) is 37.1. The summed E-state index contributed by atoms with van der Waals surface area (Å²) in [4.78, 5) is 92.6. The van der Waals surface area contributed by atoms with Gasteiger partial charge in [0.2, 0.25) is 11.9 Å². The minimum absolute atomic E-state index is 0.129. The fourth-order valence-electron chi connectivity index (χ4n) is 7.16. The Labute approximate surface area is 457 Å². The van der Waals surface area contributed by atoms with Crippen molar-refractivity contribution >= 4 is 108 Å².